The molecule has 96 valence electrons. The third kappa shape index (κ3) is 2.60. The van der Waals surface area contributed by atoms with Crippen LogP contribution in [0.4, 0.5) is 11.5 Å². The molecule has 19 heavy (non-hydrogen) atoms. The highest BCUT2D eigenvalue weighted by molar-refractivity contribution is 5.90. The van der Waals surface area contributed by atoms with Crippen LogP contribution in [-0.4, -0.2) is 20.4 Å². The Morgan fingerprint density at radius 2 is 2.16 bits per heavy atom. The summed E-state index contributed by atoms with van der Waals surface area (Å²) in [4.78, 5) is 18.5. The first-order valence-corrected chi connectivity index (χ1v) is 5.58. The molecule has 1 aromatic carbocycles. The minimum Gasteiger partial charge on any atom is -0.354 e. The Hall–Kier alpha value is -2.68. The molecule has 0 radical (unpaired) electrons. The molecule has 0 aliphatic heterocycles. The van der Waals surface area contributed by atoms with Gasteiger partial charge in [0.15, 0.2) is 0 Å². The number of non-ortho nitro benzene ring substituents is 1. The summed E-state index contributed by atoms with van der Waals surface area (Å²) in [6.07, 6.45) is 6.80. The number of rotatable bonds is 3. The van der Waals surface area contributed by atoms with Gasteiger partial charge in [0.1, 0.15) is 12.1 Å². The summed E-state index contributed by atoms with van der Waals surface area (Å²) in [6.45, 7) is 3.64. The first-order chi connectivity index (χ1) is 8.93. The number of hydrogen-bond acceptors (Lipinski definition) is 5. The monoisotopic (exact) mass is 256 g/mol. The molecule has 0 atom stereocenters. The van der Waals surface area contributed by atoms with Crippen molar-refractivity contribution in [1.29, 1.82) is 0 Å². The second-order valence-corrected chi connectivity index (χ2v) is 4.58. The fourth-order valence-corrected chi connectivity index (χ4v) is 1.59. The van der Waals surface area contributed by atoms with Gasteiger partial charge in [0.2, 0.25) is 0 Å². The summed E-state index contributed by atoms with van der Waals surface area (Å²) in [7, 11) is 0. The van der Waals surface area contributed by atoms with Gasteiger partial charge in [-0.1, -0.05) is 5.92 Å². The van der Waals surface area contributed by atoms with E-state index in [1.54, 1.807) is 6.07 Å². The van der Waals surface area contributed by atoms with E-state index in [9.17, 15) is 10.1 Å². The number of hydrogen-bond donors (Lipinski definition) is 1. The zero-order chi connectivity index (χ0) is 14.0. The van der Waals surface area contributed by atoms with E-state index in [2.05, 4.69) is 21.2 Å². The molecule has 0 saturated heterocycles. The van der Waals surface area contributed by atoms with Crippen LogP contribution in [0.15, 0.2) is 24.5 Å². The van der Waals surface area contributed by atoms with Crippen LogP contribution in [0, 0.1) is 22.5 Å². The maximum Gasteiger partial charge on any atom is 0.270 e. The van der Waals surface area contributed by atoms with Gasteiger partial charge in [0, 0.05) is 17.5 Å². The Morgan fingerprint density at radius 1 is 1.42 bits per heavy atom. The molecule has 6 nitrogen and oxygen atoms in total. The van der Waals surface area contributed by atoms with E-state index < -0.39 is 10.5 Å². The highest BCUT2D eigenvalue weighted by atomic mass is 16.6. The maximum atomic E-state index is 10.8. The van der Waals surface area contributed by atoms with Crippen LogP contribution >= 0.6 is 0 Å². The van der Waals surface area contributed by atoms with Crippen molar-refractivity contribution in [3.63, 3.8) is 0 Å². The summed E-state index contributed by atoms with van der Waals surface area (Å²) in [6, 6.07) is 4.43. The van der Waals surface area contributed by atoms with Gasteiger partial charge in [0.05, 0.1) is 16.0 Å². The quantitative estimate of drug-likeness (QED) is 0.518. The minimum atomic E-state index is -0.605. The van der Waals surface area contributed by atoms with Gasteiger partial charge < -0.3 is 5.32 Å². The number of terminal acetylenes is 1. The fourth-order valence-electron chi connectivity index (χ4n) is 1.59. The lowest BCUT2D eigenvalue weighted by Crippen LogP contribution is -2.29. The van der Waals surface area contributed by atoms with E-state index in [4.69, 9.17) is 6.42 Å². The average molecular weight is 256 g/mol. The topological polar surface area (TPSA) is 81.0 Å². The predicted octanol–water partition coefficient (Wildman–Crippen LogP) is 2.36. The van der Waals surface area contributed by atoms with Crippen LogP contribution in [0.2, 0.25) is 0 Å². The molecule has 1 N–H and O–H groups in total. The Balaban J connectivity index is 2.58. The lowest BCUT2D eigenvalue weighted by molar-refractivity contribution is -0.384. The Labute approximate surface area is 110 Å². The molecule has 1 heterocycles. The molecule has 0 aliphatic rings. The number of aromatic nitrogens is 2. The Morgan fingerprint density at radius 3 is 2.79 bits per heavy atom. The number of nitro benzene ring substituents is 1. The van der Waals surface area contributed by atoms with Crippen LogP contribution in [-0.2, 0) is 0 Å². The number of nitrogens with one attached hydrogen (secondary N) is 1. The number of benzene rings is 1. The van der Waals surface area contributed by atoms with Crippen molar-refractivity contribution in [3.8, 4) is 12.3 Å². The highest BCUT2D eigenvalue weighted by Crippen LogP contribution is 2.25. The standard InChI is InChI=1S/C13H12N4O2/c1-4-13(2,3)16-12-10-7-9(17(18)19)5-6-11(10)14-8-15-12/h1,5-8H,2-3H3,(H,14,15,16). The van der Waals surface area contributed by atoms with Crippen molar-refractivity contribution < 1.29 is 4.92 Å². The molecule has 2 rings (SSSR count). The molecule has 0 unspecified atom stereocenters. The van der Waals surface area contributed by atoms with E-state index in [0.717, 1.165) is 0 Å². The largest absolute Gasteiger partial charge is 0.354 e. The number of nitrogens with zero attached hydrogens (tertiary/aromatic N) is 3. The Kier molecular flexibility index (Phi) is 3.05. The summed E-state index contributed by atoms with van der Waals surface area (Å²) in [5.41, 5.74) is 0.00566. The third-order valence-corrected chi connectivity index (χ3v) is 2.62. The van der Waals surface area contributed by atoms with Crippen LogP contribution in [0.3, 0.4) is 0 Å². The first-order valence-electron chi connectivity index (χ1n) is 5.58. The van der Waals surface area contributed by atoms with Crippen molar-refractivity contribution in [1.82, 2.24) is 9.97 Å². The fraction of sp³-hybridized carbons (Fsp3) is 0.231. The van der Waals surface area contributed by atoms with Crippen molar-refractivity contribution in [2.45, 2.75) is 19.4 Å². The second-order valence-electron chi connectivity index (χ2n) is 4.58. The predicted molar refractivity (Wildman–Crippen MR) is 72.7 cm³/mol. The molecule has 6 heteroatoms. The number of anilines is 1. The average Bonchev–Trinajstić information content (AvgIpc) is 2.38. The minimum absolute atomic E-state index is 0.0103. The van der Waals surface area contributed by atoms with Crippen molar-refractivity contribution in [2.75, 3.05) is 5.32 Å². The van der Waals surface area contributed by atoms with Crippen LogP contribution < -0.4 is 5.32 Å². The van der Waals surface area contributed by atoms with Gasteiger partial charge in [-0.2, -0.15) is 0 Å². The summed E-state index contributed by atoms with van der Waals surface area (Å²) in [5, 5.41) is 14.4. The maximum absolute atomic E-state index is 10.8. The number of nitro groups is 1. The van der Waals surface area contributed by atoms with Gasteiger partial charge in [-0.05, 0) is 19.9 Å². The summed E-state index contributed by atoms with van der Waals surface area (Å²) in [5.74, 6) is 3.07. The normalized spacial score (nSPS) is 11.0. The van der Waals surface area contributed by atoms with Gasteiger partial charge >= 0.3 is 0 Å². The van der Waals surface area contributed by atoms with E-state index in [1.165, 1.54) is 18.5 Å². The molecule has 0 fully saturated rings. The zero-order valence-corrected chi connectivity index (χ0v) is 10.5. The summed E-state index contributed by atoms with van der Waals surface area (Å²) < 4.78 is 0. The van der Waals surface area contributed by atoms with Gasteiger partial charge in [0.25, 0.3) is 5.69 Å². The molecule has 0 bridgehead atoms. The van der Waals surface area contributed by atoms with E-state index in [-0.39, 0.29) is 5.69 Å². The molecule has 0 amide bonds. The lowest BCUT2D eigenvalue weighted by Gasteiger charge is -2.20. The van der Waals surface area contributed by atoms with Crippen molar-refractivity contribution in [2.24, 2.45) is 0 Å². The van der Waals surface area contributed by atoms with E-state index >= 15 is 0 Å². The smallest absolute Gasteiger partial charge is 0.270 e. The van der Waals surface area contributed by atoms with Gasteiger partial charge in [-0.3, -0.25) is 10.1 Å². The molecule has 0 spiro atoms. The summed E-state index contributed by atoms with van der Waals surface area (Å²) >= 11 is 0. The van der Waals surface area contributed by atoms with Crippen molar-refractivity contribution >= 4 is 22.4 Å². The Bertz CT molecular complexity index is 689. The van der Waals surface area contributed by atoms with Crippen LogP contribution in [0.1, 0.15) is 13.8 Å². The zero-order valence-electron chi connectivity index (χ0n) is 10.5. The van der Waals surface area contributed by atoms with Gasteiger partial charge in [-0.25, -0.2) is 9.97 Å². The molecular formula is C13H12N4O2. The van der Waals surface area contributed by atoms with E-state index in [0.29, 0.717) is 16.7 Å². The van der Waals surface area contributed by atoms with Crippen LogP contribution in [0.5, 0.6) is 0 Å². The highest BCUT2D eigenvalue weighted by Gasteiger charge is 2.17. The molecular weight excluding hydrogens is 244 g/mol. The van der Waals surface area contributed by atoms with Crippen LogP contribution in [0.25, 0.3) is 10.9 Å². The van der Waals surface area contributed by atoms with Gasteiger partial charge in [-0.15, -0.1) is 6.42 Å². The number of fused-ring (bicyclic) bond motifs is 1. The van der Waals surface area contributed by atoms with E-state index in [1.807, 2.05) is 13.8 Å². The molecule has 1 aromatic heterocycles. The first kappa shape index (κ1) is 12.8. The second kappa shape index (κ2) is 4.53. The lowest BCUT2D eigenvalue weighted by atomic mass is 10.1. The molecule has 0 aliphatic carbocycles. The van der Waals surface area contributed by atoms with Crippen molar-refractivity contribution in [3.05, 3.63) is 34.6 Å². The third-order valence-electron chi connectivity index (χ3n) is 2.62. The molecule has 2 aromatic rings. The molecule has 0 saturated carbocycles. The SMILES string of the molecule is C#CC(C)(C)Nc1ncnc2ccc([N+](=O)[O-])cc12.